The summed E-state index contributed by atoms with van der Waals surface area (Å²) in [7, 11) is 0. The van der Waals surface area contributed by atoms with Crippen LogP contribution >= 0.6 is 11.3 Å². The van der Waals surface area contributed by atoms with E-state index < -0.39 is 17.0 Å². The van der Waals surface area contributed by atoms with Crippen molar-refractivity contribution in [3.8, 4) is 11.5 Å². The summed E-state index contributed by atoms with van der Waals surface area (Å²) in [4.78, 5) is 25.0. The third-order valence-corrected chi connectivity index (χ3v) is 6.58. The van der Waals surface area contributed by atoms with Crippen molar-refractivity contribution in [2.45, 2.75) is 57.2 Å². The van der Waals surface area contributed by atoms with Gasteiger partial charge in [0.1, 0.15) is 11.3 Å². The van der Waals surface area contributed by atoms with E-state index >= 15 is 0 Å². The zero-order valence-electron chi connectivity index (χ0n) is 19.6. The fraction of sp³-hybridized carbons (Fsp3) is 0.440. The van der Waals surface area contributed by atoms with Crippen molar-refractivity contribution in [2.75, 3.05) is 13.2 Å². The molecule has 7 nitrogen and oxygen atoms in total. The van der Waals surface area contributed by atoms with Crippen molar-refractivity contribution < 1.29 is 32.5 Å². The first-order valence-electron chi connectivity index (χ1n) is 11.7. The quantitative estimate of drug-likeness (QED) is 0.167. The molecule has 0 bridgehead atoms. The van der Waals surface area contributed by atoms with Crippen LogP contribution < -0.4 is 15.3 Å². The predicted molar refractivity (Wildman–Crippen MR) is 132 cm³/mol. The van der Waals surface area contributed by atoms with Crippen LogP contribution in [0.15, 0.2) is 41.2 Å². The summed E-state index contributed by atoms with van der Waals surface area (Å²) in [5, 5.41) is 9.28. The number of benzene rings is 2. The Morgan fingerprint density at radius 2 is 1.78 bits per heavy atom. The average Bonchev–Trinajstić information content (AvgIpc) is 3.22. The van der Waals surface area contributed by atoms with Crippen molar-refractivity contribution in [1.29, 1.82) is 0 Å². The number of halogens is 3. The van der Waals surface area contributed by atoms with Crippen molar-refractivity contribution in [2.24, 2.45) is 5.73 Å². The number of esters is 1. The number of hydrogen-bond donors (Lipinski definition) is 3. The molecule has 36 heavy (non-hydrogen) atoms. The topological polar surface area (TPSA) is 115 Å². The number of alkyl halides is 3. The van der Waals surface area contributed by atoms with Gasteiger partial charge < -0.3 is 25.3 Å². The molecule has 1 heterocycles. The Morgan fingerprint density at radius 1 is 1.06 bits per heavy atom. The van der Waals surface area contributed by atoms with Gasteiger partial charge in [-0.1, -0.05) is 48.8 Å². The smallest absolute Gasteiger partial charge is 0.491 e. The van der Waals surface area contributed by atoms with E-state index in [0.29, 0.717) is 24.3 Å². The molecule has 0 aliphatic rings. The van der Waals surface area contributed by atoms with Gasteiger partial charge in [-0.3, -0.25) is 4.79 Å². The van der Waals surface area contributed by atoms with Crippen LogP contribution in [0.25, 0.3) is 10.2 Å². The van der Waals surface area contributed by atoms with Crippen molar-refractivity contribution in [3.05, 3.63) is 57.2 Å². The third-order valence-electron chi connectivity index (χ3n) is 5.62. The number of rotatable bonds is 13. The lowest BCUT2D eigenvalue weighted by Crippen LogP contribution is -2.28. The SMILES string of the molecule is NC(CCCCCCOCCc1ccc(O)cc1)Cc1ccc(OC(=O)C(F)(F)F)c2[nH]c(=O)sc12. The number of carbonyl (C=O) groups excluding carboxylic acids is 1. The van der Waals surface area contributed by atoms with E-state index in [9.17, 15) is 27.9 Å². The number of aromatic hydroxyl groups is 1. The lowest BCUT2D eigenvalue weighted by atomic mass is 10.0. The number of fused-ring (bicyclic) bond motifs is 1. The molecule has 0 spiro atoms. The van der Waals surface area contributed by atoms with Crippen molar-refractivity contribution >= 4 is 27.5 Å². The molecule has 0 aliphatic heterocycles. The second-order valence-electron chi connectivity index (χ2n) is 8.52. The molecule has 0 radical (unpaired) electrons. The first-order valence-corrected chi connectivity index (χ1v) is 12.5. The van der Waals surface area contributed by atoms with Gasteiger partial charge in [-0.05, 0) is 55.0 Å². The molecule has 2 aromatic carbocycles. The van der Waals surface area contributed by atoms with Gasteiger partial charge in [-0.25, -0.2) is 4.79 Å². The highest BCUT2D eigenvalue weighted by Crippen LogP contribution is 2.31. The number of carbonyl (C=O) groups is 1. The van der Waals surface area contributed by atoms with Gasteiger partial charge in [0.05, 0.1) is 11.3 Å². The Hall–Kier alpha value is -2.89. The number of nitrogens with two attached hydrogens (primary N) is 1. The van der Waals surface area contributed by atoms with E-state index in [0.717, 1.165) is 61.0 Å². The van der Waals surface area contributed by atoms with E-state index in [4.69, 9.17) is 10.5 Å². The van der Waals surface area contributed by atoms with Gasteiger partial charge >= 0.3 is 17.0 Å². The molecular formula is C25H29F3N2O5S. The second-order valence-corrected chi connectivity index (χ2v) is 9.51. The molecule has 1 atom stereocenters. The number of ether oxygens (including phenoxy) is 2. The van der Waals surface area contributed by atoms with Gasteiger partial charge in [0.2, 0.25) is 0 Å². The average molecular weight is 527 g/mol. The fourth-order valence-electron chi connectivity index (χ4n) is 3.77. The zero-order chi connectivity index (χ0) is 26.1. The number of hydrogen-bond acceptors (Lipinski definition) is 7. The second kappa shape index (κ2) is 12.9. The maximum Gasteiger partial charge on any atom is 0.491 e. The number of H-pyrrole nitrogens is 1. The van der Waals surface area contributed by atoms with Crippen LogP contribution in [0.4, 0.5) is 13.2 Å². The predicted octanol–water partition coefficient (Wildman–Crippen LogP) is 4.84. The molecule has 1 aromatic heterocycles. The summed E-state index contributed by atoms with van der Waals surface area (Å²) >= 11 is 0.846. The van der Waals surface area contributed by atoms with Gasteiger partial charge in [-0.15, -0.1) is 0 Å². The molecule has 196 valence electrons. The minimum absolute atomic E-state index is 0.0673. The summed E-state index contributed by atoms with van der Waals surface area (Å²) in [6, 6.07) is 9.68. The monoisotopic (exact) mass is 526 g/mol. The van der Waals surface area contributed by atoms with Crippen LogP contribution in [0.2, 0.25) is 0 Å². The number of unbranched alkanes of at least 4 members (excludes halogenated alkanes) is 3. The van der Waals surface area contributed by atoms with Gasteiger partial charge in [0.15, 0.2) is 5.75 Å². The largest absolute Gasteiger partial charge is 0.508 e. The van der Waals surface area contributed by atoms with Crippen molar-refractivity contribution in [3.63, 3.8) is 0 Å². The fourth-order valence-corrected chi connectivity index (χ4v) is 4.64. The van der Waals surface area contributed by atoms with Crippen LogP contribution in [-0.4, -0.2) is 41.5 Å². The van der Waals surface area contributed by atoms with Crippen LogP contribution in [0.5, 0.6) is 11.5 Å². The Balaban J connectivity index is 1.37. The molecule has 3 aromatic rings. The first-order chi connectivity index (χ1) is 17.1. The Kier molecular flexibility index (Phi) is 9.91. The minimum Gasteiger partial charge on any atom is -0.508 e. The molecule has 0 amide bonds. The summed E-state index contributed by atoms with van der Waals surface area (Å²) in [6.45, 7) is 1.31. The van der Waals surface area contributed by atoms with Crippen LogP contribution in [0, 0.1) is 0 Å². The lowest BCUT2D eigenvalue weighted by molar-refractivity contribution is -0.189. The molecule has 11 heteroatoms. The Labute approximate surface area is 210 Å². The maximum atomic E-state index is 12.5. The zero-order valence-corrected chi connectivity index (χ0v) is 20.4. The normalized spacial score (nSPS) is 12.7. The summed E-state index contributed by atoms with van der Waals surface area (Å²) < 4.78 is 48.2. The van der Waals surface area contributed by atoms with Gasteiger partial charge in [0, 0.05) is 12.6 Å². The molecular weight excluding hydrogens is 497 g/mol. The number of phenolic OH excluding ortho intramolecular Hbond substituents is 1. The van der Waals surface area contributed by atoms with E-state index in [1.807, 2.05) is 12.1 Å². The summed E-state index contributed by atoms with van der Waals surface area (Å²) in [5.41, 5.74) is 8.16. The molecule has 0 saturated carbocycles. The van der Waals surface area contributed by atoms with E-state index in [1.54, 1.807) is 18.2 Å². The maximum absolute atomic E-state index is 12.5. The van der Waals surface area contributed by atoms with Crippen LogP contribution in [0.1, 0.15) is 43.2 Å². The Morgan fingerprint density at radius 3 is 2.50 bits per heavy atom. The standard InChI is InChI=1S/C25H29F3N2O5S/c26-25(27,28)23(32)35-20-11-8-17(22-21(20)30-24(33)36-22)15-18(29)5-3-1-2-4-13-34-14-12-16-6-9-19(31)10-7-16/h6-11,18,31H,1-5,12-15,29H2,(H,30,33). The van der Waals surface area contributed by atoms with Crippen LogP contribution in [-0.2, 0) is 22.4 Å². The summed E-state index contributed by atoms with van der Waals surface area (Å²) in [6.07, 6.45) is 0.728. The third kappa shape index (κ3) is 8.35. The molecule has 0 fully saturated rings. The molecule has 4 N–H and O–H groups in total. The number of nitrogens with one attached hydrogen (secondary N) is 1. The van der Waals surface area contributed by atoms with E-state index in [-0.39, 0.29) is 23.1 Å². The first kappa shape index (κ1) is 27.7. The highest BCUT2D eigenvalue weighted by atomic mass is 32.1. The van der Waals surface area contributed by atoms with Crippen LogP contribution in [0.3, 0.4) is 0 Å². The Bertz CT molecular complexity index is 1190. The number of aromatic nitrogens is 1. The molecule has 3 rings (SSSR count). The van der Waals surface area contributed by atoms with E-state index in [1.165, 1.54) is 6.07 Å². The lowest BCUT2D eigenvalue weighted by Gasteiger charge is -2.13. The van der Waals surface area contributed by atoms with Gasteiger partial charge in [0.25, 0.3) is 0 Å². The molecule has 0 saturated heterocycles. The highest BCUT2D eigenvalue weighted by Gasteiger charge is 2.41. The number of thiazole rings is 1. The van der Waals surface area contributed by atoms with E-state index in [2.05, 4.69) is 9.72 Å². The number of phenols is 1. The highest BCUT2D eigenvalue weighted by molar-refractivity contribution is 7.16. The number of aromatic amines is 1. The van der Waals surface area contributed by atoms with Gasteiger partial charge in [-0.2, -0.15) is 13.2 Å². The minimum atomic E-state index is -5.14. The summed E-state index contributed by atoms with van der Waals surface area (Å²) in [5.74, 6) is -2.43. The van der Waals surface area contributed by atoms with Crippen molar-refractivity contribution in [1.82, 2.24) is 4.98 Å². The molecule has 1 unspecified atom stereocenters. The molecule has 0 aliphatic carbocycles.